The molecule has 30 heavy (non-hydrogen) atoms. The van der Waals surface area contributed by atoms with Crippen molar-refractivity contribution in [3.63, 3.8) is 0 Å². The largest absolute Gasteiger partial charge is 0.481 e. The number of hydrogen-bond acceptors (Lipinski definition) is 6. The van der Waals surface area contributed by atoms with Gasteiger partial charge in [-0.3, -0.25) is 9.89 Å². The molecule has 0 aliphatic heterocycles. The van der Waals surface area contributed by atoms with E-state index in [0.29, 0.717) is 5.82 Å². The molecule has 0 atom stereocenters. The third-order valence-electron chi connectivity index (χ3n) is 4.36. The molecule has 0 saturated carbocycles. The molecule has 0 saturated heterocycles. The van der Waals surface area contributed by atoms with Crippen LogP contribution in [0, 0.1) is 0 Å². The normalized spacial score (nSPS) is 10.6. The maximum Gasteiger partial charge on any atom is 0.300 e. The number of H-pyrrole nitrogens is 2. The standard InChI is InChI=1S/C19H15N7.C2H4O2/c20-19-22-6-4-17(25-19)24-14-8-13-10-23-26-18(13)15(9-14)11-1-2-16-12(7-11)3-5-21-16;1-2(3)4/h1-10,21H,(H,23,26)(H3,20,22,24,25);1H3,(H,3,4). The Bertz CT molecular complexity index is 1340. The SMILES string of the molecule is CC(=O)O.Nc1nccc(Nc2cc(-c3ccc4[nH]ccc4c3)c3[nH]ncc3c2)n1. The van der Waals surface area contributed by atoms with Crippen molar-refractivity contribution in [2.45, 2.75) is 6.92 Å². The molecule has 9 heteroatoms. The molecule has 3 heterocycles. The number of fused-ring (bicyclic) bond motifs is 2. The van der Waals surface area contributed by atoms with E-state index in [0.717, 1.165) is 45.5 Å². The first-order valence-corrected chi connectivity index (χ1v) is 9.09. The van der Waals surface area contributed by atoms with Crippen LogP contribution in [0.1, 0.15) is 6.92 Å². The van der Waals surface area contributed by atoms with Gasteiger partial charge in [0.2, 0.25) is 5.95 Å². The Morgan fingerprint density at radius 1 is 1.13 bits per heavy atom. The second-order valence-electron chi connectivity index (χ2n) is 6.58. The van der Waals surface area contributed by atoms with Crippen LogP contribution in [0.4, 0.5) is 17.5 Å². The molecule has 5 aromatic rings. The molecule has 2 aromatic carbocycles. The van der Waals surface area contributed by atoms with Crippen LogP contribution >= 0.6 is 0 Å². The highest BCUT2D eigenvalue weighted by molar-refractivity contribution is 5.98. The van der Waals surface area contributed by atoms with E-state index in [1.54, 1.807) is 12.3 Å². The van der Waals surface area contributed by atoms with Crippen LogP contribution in [0.2, 0.25) is 0 Å². The number of carboxylic acids is 1. The predicted molar refractivity (Wildman–Crippen MR) is 116 cm³/mol. The summed E-state index contributed by atoms with van der Waals surface area (Å²) in [4.78, 5) is 20.3. The number of nitrogens with one attached hydrogen (secondary N) is 3. The summed E-state index contributed by atoms with van der Waals surface area (Å²) in [5.74, 6) is 0.0462. The smallest absolute Gasteiger partial charge is 0.300 e. The highest BCUT2D eigenvalue weighted by Crippen LogP contribution is 2.33. The molecular formula is C21H19N7O2. The number of anilines is 3. The number of aromatic nitrogens is 5. The highest BCUT2D eigenvalue weighted by atomic mass is 16.4. The monoisotopic (exact) mass is 401 g/mol. The van der Waals surface area contributed by atoms with Crippen LogP contribution in [0.25, 0.3) is 32.9 Å². The van der Waals surface area contributed by atoms with Gasteiger partial charge >= 0.3 is 0 Å². The van der Waals surface area contributed by atoms with Gasteiger partial charge in [-0.05, 0) is 47.3 Å². The number of nitrogens with two attached hydrogens (primary N) is 1. The first-order valence-electron chi connectivity index (χ1n) is 9.09. The maximum absolute atomic E-state index is 9.00. The predicted octanol–water partition coefficient (Wildman–Crippen LogP) is 3.92. The third-order valence-corrected chi connectivity index (χ3v) is 4.36. The Morgan fingerprint density at radius 2 is 1.97 bits per heavy atom. The number of carboxylic acid groups (broad SMARTS) is 1. The lowest BCUT2D eigenvalue weighted by molar-refractivity contribution is -0.134. The molecule has 5 rings (SSSR count). The van der Waals surface area contributed by atoms with Crippen LogP contribution in [-0.4, -0.2) is 36.2 Å². The Morgan fingerprint density at radius 3 is 2.77 bits per heavy atom. The first-order chi connectivity index (χ1) is 14.5. The second kappa shape index (κ2) is 7.92. The number of aromatic amines is 2. The molecule has 3 aromatic heterocycles. The molecule has 9 nitrogen and oxygen atoms in total. The summed E-state index contributed by atoms with van der Waals surface area (Å²) in [5.41, 5.74) is 10.8. The molecule has 0 aliphatic rings. The van der Waals surface area contributed by atoms with Crippen molar-refractivity contribution >= 4 is 45.2 Å². The number of hydrogen-bond donors (Lipinski definition) is 5. The van der Waals surface area contributed by atoms with Crippen molar-refractivity contribution in [2.24, 2.45) is 0 Å². The summed E-state index contributed by atoms with van der Waals surface area (Å²) < 4.78 is 0. The number of nitrogens with zero attached hydrogens (tertiary/aromatic N) is 3. The van der Waals surface area contributed by atoms with Gasteiger partial charge in [-0.2, -0.15) is 10.1 Å². The van der Waals surface area contributed by atoms with Gasteiger partial charge in [0.25, 0.3) is 5.97 Å². The van der Waals surface area contributed by atoms with E-state index in [9.17, 15) is 0 Å². The molecule has 0 fully saturated rings. The Hall–Kier alpha value is -4.40. The third kappa shape index (κ3) is 4.04. The van der Waals surface area contributed by atoms with Gasteiger partial charge in [0.05, 0.1) is 11.7 Å². The highest BCUT2D eigenvalue weighted by Gasteiger charge is 2.10. The fraction of sp³-hybridized carbons (Fsp3) is 0.0476. The minimum absolute atomic E-state index is 0.234. The van der Waals surface area contributed by atoms with Crippen LogP contribution in [0.5, 0.6) is 0 Å². The van der Waals surface area contributed by atoms with E-state index >= 15 is 0 Å². The zero-order valence-electron chi connectivity index (χ0n) is 16.0. The number of nitrogen functional groups attached to an aromatic ring is 1. The van der Waals surface area contributed by atoms with Gasteiger partial charge in [-0.15, -0.1) is 0 Å². The van der Waals surface area contributed by atoms with Crippen LogP contribution in [0.15, 0.2) is 61.1 Å². The minimum Gasteiger partial charge on any atom is -0.481 e. The van der Waals surface area contributed by atoms with E-state index in [2.05, 4.69) is 60.8 Å². The molecule has 0 aliphatic carbocycles. The Labute approximate surface area is 171 Å². The zero-order valence-corrected chi connectivity index (χ0v) is 16.0. The van der Waals surface area contributed by atoms with Gasteiger partial charge in [-0.25, -0.2) is 4.98 Å². The quantitative estimate of drug-likeness (QED) is 0.308. The van der Waals surface area contributed by atoms with Gasteiger partial charge < -0.3 is 21.1 Å². The maximum atomic E-state index is 9.00. The molecule has 0 amide bonds. The van der Waals surface area contributed by atoms with Crippen molar-refractivity contribution in [2.75, 3.05) is 11.1 Å². The van der Waals surface area contributed by atoms with Crippen LogP contribution in [0.3, 0.4) is 0 Å². The second-order valence-corrected chi connectivity index (χ2v) is 6.58. The van der Waals surface area contributed by atoms with Crippen molar-refractivity contribution in [1.29, 1.82) is 0 Å². The van der Waals surface area contributed by atoms with Crippen molar-refractivity contribution < 1.29 is 9.90 Å². The molecule has 0 bridgehead atoms. The number of aliphatic carboxylic acids is 1. The zero-order chi connectivity index (χ0) is 21.1. The van der Waals surface area contributed by atoms with E-state index in [4.69, 9.17) is 15.6 Å². The Kier molecular flexibility index (Phi) is 5.00. The van der Waals surface area contributed by atoms with Gasteiger partial charge in [0, 0.05) is 41.5 Å². The number of benzene rings is 2. The fourth-order valence-corrected chi connectivity index (χ4v) is 3.17. The summed E-state index contributed by atoms with van der Waals surface area (Å²) in [6.07, 6.45) is 5.38. The van der Waals surface area contributed by atoms with Crippen molar-refractivity contribution in [3.05, 3.63) is 61.1 Å². The van der Waals surface area contributed by atoms with Gasteiger partial charge in [0.15, 0.2) is 0 Å². The van der Waals surface area contributed by atoms with Crippen molar-refractivity contribution in [1.82, 2.24) is 25.1 Å². The lowest BCUT2D eigenvalue weighted by Gasteiger charge is -2.10. The van der Waals surface area contributed by atoms with E-state index in [-0.39, 0.29) is 5.95 Å². The molecule has 0 spiro atoms. The summed E-state index contributed by atoms with van der Waals surface area (Å²) in [6.45, 7) is 1.08. The average Bonchev–Trinajstić information content (AvgIpc) is 3.35. The topological polar surface area (TPSA) is 146 Å². The molecule has 0 unspecified atom stereocenters. The molecular weight excluding hydrogens is 382 g/mol. The minimum atomic E-state index is -0.833. The number of carbonyl (C=O) groups is 1. The van der Waals surface area contributed by atoms with Crippen LogP contribution < -0.4 is 11.1 Å². The molecule has 6 N–H and O–H groups in total. The van der Waals surface area contributed by atoms with Gasteiger partial charge in [-0.1, -0.05) is 6.07 Å². The average molecular weight is 401 g/mol. The summed E-state index contributed by atoms with van der Waals surface area (Å²) >= 11 is 0. The summed E-state index contributed by atoms with van der Waals surface area (Å²) in [7, 11) is 0. The molecule has 150 valence electrons. The van der Waals surface area contributed by atoms with E-state index in [1.807, 2.05) is 18.5 Å². The first kappa shape index (κ1) is 18.9. The van der Waals surface area contributed by atoms with Crippen molar-refractivity contribution in [3.8, 4) is 11.1 Å². The lowest BCUT2D eigenvalue weighted by Crippen LogP contribution is -1.99. The lowest BCUT2D eigenvalue weighted by atomic mass is 10.0. The summed E-state index contributed by atoms with van der Waals surface area (Å²) in [5, 5.41) is 20.2. The Balaban J connectivity index is 0.000000503. The van der Waals surface area contributed by atoms with Gasteiger partial charge in [0.1, 0.15) is 5.82 Å². The number of rotatable bonds is 3. The van der Waals surface area contributed by atoms with E-state index < -0.39 is 5.97 Å². The molecule has 0 radical (unpaired) electrons. The van der Waals surface area contributed by atoms with E-state index in [1.165, 1.54) is 0 Å². The van der Waals surface area contributed by atoms with Crippen LogP contribution in [-0.2, 0) is 4.79 Å². The summed E-state index contributed by atoms with van der Waals surface area (Å²) in [6, 6.07) is 14.3. The fourth-order valence-electron chi connectivity index (χ4n) is 3.17.